The van der Waals surface area contributed by atoms with Crippen LogP contribution in [0.2, 0.25) is 0 Å². The first-order chi connectivity index (χ1) is 27.9. The van der Waals surface area contributed by atoms with Crippen molar-refractivity contribution in [3.8, 4) is 22.4 Å². The number of carbonyl (C=O) groups excluding carboxylic acids is 4. The van der Waals surface area contributed by atoms with Gasteiger partial charge in [-0.1, -0.05) is 69.4 Å². The van der Waals surface area contributed by atoms with E-state index in [1.54, 1.807) is 11.3 Å². The molecule has 5 aromatic rings. The highest BCUT2D eigenvalue weighted by Crippen LogP contribution is 2.35. The maximum absolute atomic E-state index is 13.6. The van der Waals surface area contributed by atoms with Crippen molar-refractivity contribution in [1.82, 2.24) is 35.4 Å². The zero-order valence-electron chi connectivity index (χ0n) is 33.8. The van der Waals surface area contributed by atoms with Gasteiger partial charge in [-0.05, 0) is 83.7 Å². The number of H-pyrrole nitrogens is 1. The summed E-state index contributed by atoms with van der Waals surface area (Å²) >= 11 is 1.59. The van der Waals surface area contributed by atoms with Gasteiger partial charge >= 0.3 is 12.2 Å². The van der Waals surface area contributed by atoms with E-state index in [-0.39, 0.29) is 35.7 Å². The van der Waals surface area contributed by atoms with Gasteiger partial charge in [0, 0.05) is 31.2 Å². The Morgan fingerprint density at radius 2 is 1.38 bits per heavy atom. The van der Waals surface area contributed by atoms with Crippen molar-refractivity contribution in [2.75, 3.05) is 39.2 Å². The quantitative estimate of drug-likeness (QED) is 0.101. The molecule has 58 heavy (non-hydrogen) atoms. The summed E-state index contributed by atoms with van der Waals surface area (Å²) in [7, 11) is 2.59. The van der Waals surface area contributed by atoms with Gasteiger partial charge in [-0.15, -0.1) is 0 Å². The predicted molar refractivity (Wildman–Crippen MR) is 225 cm³/mol. The van der Waals surface area contributed by atoms with Gasteiger partial charge in [0.1, 0.15) is 17.9 Å². The summed E-state index contributed by atoms with van der Waals surface area (Å²) in [4.78, 5) is 67.7. The zero-order chi connectivity index (χ0) is 41.1. The number of hydrogen-bond donors (Lipinski definition) is 4. The van der Waals surface area contributed by atoms with Crippen LogP contribution in [0, 0.1) is 11.8 Å². The second kappa shape index (κ2) is 17.4. The van der Waals surface area contributed by atoms with E-state index in [1.807, 2.05) is 49.8 Å². The number of rotatable bonds is 12. The second-order valence-electron chi connectivity index (χ2n) is 15.8. The third kappa shape index (κ3) is 8.59. The number of imidazole rings is 1. The fourth-order valence-corrected chi connectivity index (χ4v) is 8.95. The maximum atomic E-state index is 13.6. The summed E-state index contributed by atoms with van der Waals surface area (Å²) in [6.07, 6.45) is 4.01. The molecule has 0 saturated carbocycles. The minimum atomic E-state index is -0.687. The zero-order valence-corrected chi connectivity index (χ0v) is 34.7. The van der Waals surface area contributed by atoms with Crippen molar-refractivity contribution >= 4 is 61.5 Å². The van der Waals surface area contributed by atoms with E-state index in [1.165, 1.54) is 14.2 Å². The molecule has 4 amide bonds. The number of alkyl carbamates (subject to hydrolysis) is 2. The van der Waals surface area contributed by atoms with E-state index in [9.17, 15) is 19.2 Å². The Morgan fingerprint density at radius 3 is 2.05 bits per heavy atom. The number of amides is 4. The lowest BCUT2D eigenvalue weighted by atomic mass is 9.99. The summed E-state index contributed by atoms with van der Waals surface area (Å²) in [5, 5.41) is 11.9. The van der Waals surface area contributed by atoms with Gasteiger partial charge in [0.05, 0.1) is 42.4 Å². The fourth-order valence-electron chi connectivity index (χ4n) is 8.04. The van der Waals surface area contributed by atoms with Crippen LogP contribution in [-0.2, 0) is 19.1 Å². The summed E-state index contributed by atoms with van der Waals surface area (Å²) < 4.78 is 10.6. The molecule has 7 rings (SSSR count). The van der Waals surface area contributed by atoms with Crippen LogP contribution in [-0.4, -0.2) is 101 Å². The lowest BCUT2D eigenvalue weighted by molar-refractivity contribution is -0.136. The first-order valence-corrected chi connectivity index (χ1v) is 20.8. The summed E-state index contributed by atoms with van der Waals surface area (Å²) in [5.74, 6) is 0.326. The number of nitrogens with zero attached hydrogens (tertiary/aromatic N) is 4. The van der Waals surface area contributed by atoms with Crippen LogP contribution in [0.15, 0.2) is 60.8 Å². The number of methoxy groups -OCH3 is 2. The van der Waals surface area contributed by atoms with Crippen molar-refractivity contribution < 1.29 is 28.7 Å². The molecule has 306 valence electrons. The Bertz CT molecular complexity index is 2300. The van der Waals surface area contributed by atoms with Crippen LogP contribution < -0.4 is 16.0 Å². The number of hydrogen-bond acceptors (Lipinski definition) is 10. The van der Waals surface area contributed by atoms with E-state index in [2.05, 4.69) is 69.5 Å². The molecule has 3 aromatic carbocycles. The van der Waals surface area contributed by atoms with Crippen molar-refractivity contribution in [1.29, 1.82) is 0 Å². The number of benzene rings is 3. The molecule has 0 spiro atoms. The topological polar surface area (TPSA) is 171 Å². The molecule has 4 heterocycles. The minimum Gasteiger partial charge on any atom is -0.453 e. The van der Waals surface area contributed by atoms with Crippen LogP contribution in [0.3, 0.4) is 0 Å². The van der Waals surface area contributed by atoms with Gasteiger partial charge in [0.15, 0.2) is 5.13 Å². The van der Waals surface area contributed by atoms with E-state index in [0.717, 1.165) is 80.0 Å². The molecular formula is C43H52N8O6S. The Hall–Kier alpha value is -5.70. The fraction of sp³-hybridized carbons (Fsp3) is 0.442. The number of aromatic nitrogens is 3. The van der Waals surface area contributed by atoms with Crippen LogP contribution in [0.5, 0.6) is 0 Å². The van der Waals surface area contributed by atoms with Gasteiger partial charge in [0.2, 0.25) is 11.8 Å². The van der Waals surface area contributed by atoms with Crippen molar-refractivity contribution in [2.45, 2.75) is 77.5 Å². The number of anilines is 1. The molecule has 2 saturated heterocycles. The number of carbonyl (C=O) groups is 4. The molecule has 2 fully saturated rings. The second-order valence-corrected chi connectivity index (χ2v) is 16.8. The van der Waals surface area contributed by atoms with Crippen LogP contribution >= 0.6 is 11.3 Å². The molecule has 0 bridgehead atoms. The average molecular weight is 809 g/mol. The largest absolute Gasteiger partial charge is 0.453 e. The number of fused-ring (bicyclic) bond motifs is 2. The van der Waals surface area contributed by atoms with Crippen LogP contribution in [0.4, 0.5) is 14.7 Å². The standard InChI is InChI=1S/C43H52N8O6S/c1-24(2)36(48-42(54)56-5)39(52)50-17-7-9-31(50)22-45-41-47-32-16-15-29(21-35(32)58-41)27-11-12-28-20-30(14-13-26(28)19-27)33-23-44-38(46-33)34-10-8-18-51(34)40(53)37(25(3)4)49-43(55)57-6/h11-16,19-21,23-25,31,34,36-37H,7-10,17-18,22H2,1-6H3,(H,44,46)(H,45,47)(H,48,54)(H,49,55)/t31-,34-,36-,37-/m0/s1. The highest BCUT2D eigenvalue weighted by molar-refractivity contribution is 7.22. The third-order valence-corrected chi connectivity index (χ3v) is 12.2. The van der Waals surface area contributed by atoms with Crippen molar-refractivity contribution in [2.24, 2.45) is 11.8 Å². The molecule has 2 aliphatic heterocycles. The van der Waals surface area contributed by atoms with E-state index in [4.69, 9.17) is 19.4 Å². The van der Waals surface area contributed by atoms with E-state index < -0.39 is 24.3 Å². The molecule has 14 nitrogen and oxygen atoms in total. The number of thiazole rings is 1. The molecule has 4 atom stereocenters. The maximum Gasteiger partial charge on any atom is 0.407 e. The lowest BCUT2D eigenvalue weighted by Crippen LogP contribution is -2.53. The summed E-state index contributed by atoms with van der Waals surface area (Å²) in [5.41, 5.74) is 4.97. The monoisotopic (exact) mass is 808 g/mol. The molecule has 2 aliphatic rings. The van der Waals surface area contributed by atoms with Gasteiger partial charge < -0.3 is 40.2 Å². The van der Waals surface area contributed by atoms with Gasteiger partial charge in [0.25, 0.3) is 0 Å². The van der Waals surface area contributed by atoms with Gasteiger partial charge in [-0.2, -0.15) is 0 Å². The minimum absolute atomic E-state index is 0.00150. The highest BCUT2D eigenvalue weighted by atomic mass is 32.1. The highest BCUT2D eigenvalue weighted by Gasteiger charge is 2.38. The number of nitrogens with one attached hydrogen (secondary N) is 4. The molecule has 2 aromatic heterocycles. The Labute approximate surface area is 342 Å². The molecule has 4 N–H and O–H groups in total. The van der Waals surface area contributed by atoms with Crippen molar-refractivity contribution in [3.05, 3.63) is 66.6 Å². The Kier molecular flexibility index (Phi) is 12.2. The van der Waals surface area contributed by atoms with Crippen LogP contribution in [0.1, 0.15) is 65.2 Å². The smallest absolute Gasteiger partial charge is 0.407 e. The van der Waals surface area contributed by atoms with Crippen molar-refractivity contribution in [3.63, 3.8) is 0 Å². The molecule has 0 radical (unpaired) electrons. The Balaban J connectivity index is 1.02. The normalized spacial score (nSPS) is 17.9. The van der Waals surface area contributed by atoms with Gasteiger partial charge in [-0.25, -0.2) is 19.6 Å². The summed E-state index contributed by atoms with van der Waals surface area (Å²) in [6.45, 7) is 9.46. The van der Waals surface area contributed by atoms with E-state index >= 15 is 0 Å². The lowest BCUT2D eigenvalue weighted by Gasteiger charge is -2.30. The van der Waals surface area contributed by atoms with Crippen LogP contribution in [0.25, 0.3) is 43.4 Å². The number of likely N-dealkylation sites (tertiary alicyclic amines) is 2. The third-order valence-electron chi connectivity index (χ3n) is 11.3. The number of aromatic amines is 1. The van der Waals surface area contributed by atoms with E-state index in [0.29, 0.717) is 19.6 Å². The first-order valence-electron chi connectivity index (χ1n) is 20.0. The van der Waals surface area contributed by atoms with Gasteiger partial charge in [-0.3, -0.25) is 9.59 Å². The average Bonchev–Trinajstić information content (AvgIpc) is 4.06. The molecule has 0 unspecified atom stereocenters. The molecule has 0 aliphatic carbocycles. The summed E-state index contributed by atoms with van der Waals surface area (Å²) in [6, 6.07) is 17.6. The SMILES string of the molecule is COC(=O)N[C@H](C(=O)N1CCC[C@H]1CNc1nc2ccc(-c3ccc4cc(-c5cnc([C@@H]6CCCN6C(=O)[C@@H](NC(=O)OC)C(C)C)[nH]5)ccc4c3)cc2s1)C(C)C. The number of ether oxygens (including phenoxy) is 2. The first kappa shape index (κ1) is 40.5. The molecular weight excluding hydrogens is 757 g/mol. The molecule has 15 heteroatoms. The predicted octanol–water partition coefficient (Wildman–Crippen LogP) is 7.33. The Morgan fingerprint density at radius 1 is 0.793 bits per heavy atom.